The molecule has 1 rings (SSSR count). The summed E-state index contributed by atoms with van der Waals surface area (Å²) in [6, 6.07) is 2.19. The van der Waals surface area contributed by atoms with E-state index in [9.17, 15) is 0 Å². The molecular weight excluding hydrogens is 242 g/mol. The predicted molar refractivity (Wildman–Crippen MR) is 71.4 cm³/mol. The van der Waals surface area contributed by atoms with E-state index < -0.39 is 0 Å². The molecule has 1 aromatic heterocycles. The summed E-state index contributed by atoms with van der Waals surface area (Å²) in [5.74, 6) is 1.38. The SMILES string of the molecule is CCC(Nc1cc(Cl)nc(SC)n1)C(C)C. The standard InChI is InChI=1S/C11H18ClN3S/c1-5-8(7(2)3)13-10-6-9(12)14-11(15-10)16-4/h6-8H,5H2,1-4H3,(H,13,14,15). The molecule has 0 aliphatic heterocycles. The number of rotatable bonds is 5. The number of thioether (sulfide) groups is 1. The first-order valence-electron chi connectivity index (χ1n) is 5.42. The van der Waals surface area contributed by atoms with E-state index in [0.29, 0.717) is 22.3 Å². The van der Waals surface area contributed by atoms with Gasteiger partial charge in [0.2, 0.25) is 0 Å². The van der Waals surface area contributed by atoms with Crippen LogP contribution in [0.2, 0.25) is 5.15 Å². The van der Waals surface area contributed by atoms with Crippen molar-refractivity contribution in [1.29, 1.82) is 0 Å². The van der Waals surface area contributed by atoms with Gasteiger partial charge in [-0.15, -0.1) is 0 Å². The third-order valence-corrected chi connectivity index (χ3v) is 3.18. The minimum absolute atomic E-state index is 0.417. The van der Waals surface area contributed by atoms with Crippen molar-refractivity contribution < 1.29 is 0 Å². The average molecular weight is 260 g/mol. The lowest BCUT2D eigenvalue weighted by Crippen LogP contribution is -2.25. The second-order valence-corrected chi connectivity index (χ2v) is 5.13. The molecule has 90 valence electrons. The minimum Gasteiger partial charge on any atom is -0.367 e. The third kappa shape index (κ3) is 3.83. The predicted octanol–water partition coefficient (Wildman–Crippen LogP) is 3.70. The van der Waals surface area contributed by atoms with Crippen LogP contribution in [0.1, 0.15) is 27.2 Å². The first-order chi connectivity index (χ1) is 7.56. The van der Waals surface area contributed by atoms with Gasteiger partial charge in [-0.2, -0.15) is 0 Å². The Hall–Kier alpha value is -0.480. The first kappa shape index (κ1) is 13.6. The maximum atomic E-state index is 5.93. The number of aromatic nitrogens is 2. The van der Waals surface area contributed by atoms with Gasteiger partial charge in [0.15, 0.2) is 5.16 Å². The Kier molecular flexibility index (Phi) is 5.35. The average Bonchev–Trinajstić information content (AvgIpc) is 2.24. The van der Waals surface area contributed by atoms with Crippen LogP contribution in [-0.4, -0.2) is 22.3 Å². The quantitative estimate of drug-likeness (QED) is 0.497. The lowest BCUT2D eigenvalue weighted by Gasteiger charge is -2.21. The molecule has 16 heavy (non-hydrogen) atoms. The highest BCUT2D eigenvalue weighted by atomic mass is 35.5. The molecule has 1 heterocycles. The molecule has 0 aliphatic carbocycles. The van der Waals surface area contributed by atoms with Crippen LogP contribution in [0.4, 0.5) is 5.82 Å². The van der Waals surface area contributed by atoms with Gasteiger partial charge >= 0.3 is 0 Å². The lowest BCUT2D eigenvalue weighted by molar-refractivity contribution is 0.509. The highest BCUT2D eigenvalue weighted by molar-refractivity contribution is 7.98. The van der Waals surface area contributed by atoms with Crippen LogP contribution in [0.15, 0.2) is 11.2 Å². The van der Waals surface area contributed by atoms with Crippen LogP contribution in [-0.2, 0) is 0 Å². The van der Waals surface area contributed by atoms with E-state index in [4.69, 9.17) is 11.6 Å². The van der Waals surface area contributed by atoms with Crippen molar-refractivity contribution in [2.45, 2.75) is 38.4 Å². The summed E-state index contributed by atoms with van der Waals surface area (Å²) in [6.45, 7) is 6.55. The Labute approximate surface area is 106 Å². The molecule has 0 amide bonds. The van der Waals surface area contributed by atoms with Crippen molar-refractivity contribution in [2.75, 3.05) is 11.6 Å². The molecule has 5 heteroatoms. The van der Waals surface area contributed by atoms with E-state index >= 15 is 0 Å². The highest BCUT2D eigenvalue weighted by Crippen LogP contribution is 2.19. The summed E-state index contributed by atoms with van der Waals surface area (Å²) in [5.41, 5.74) is 0. The summed E-state index contributed by atoms with van der Waals surface area (Å²) < 4.78 is 0. The van der Waals surface area contributed by atoms with Gasteiger partial charge in [-0.3, -0.25) is 0 Å². The number of nitrogens with one attached hydrogen (secondary N) is 1. The van der Waals surface area contributed by atoms with Gasteiger partial charge in [-0.1, -0.05) is 44.1 Å². The summed E-state index contributed by atoms with van der Waals surface area (Å²) in [7, 11) is 0. The molecular formula is C11H18ClN3S. The largest absolute Gasteiger partial charge is 0.367 e. The summed E-state index contributed by atoms with van der Waals surface area (Å²) in [4.78, 5) is 8.49. The smallest absolute Gasteiger partial charge is 0.190 e. The molecule has 1 N–H and O–H groups in total. The molecule has 0 fully saturated rings. The van der Waals surface area contributed by atoms with Gasteiger partial charge in [0.25, 0.3) is 0 Å². The van der Waals surface area contributed by atoms with E-state index in [2.05, 4.69) is 36.1 Å². The molecule has 0 spiro atoms. The van der Waals surface area contributed by atoms with Crippen molar-refractivity contribution in [3.05, 3.63) is 11.2 Å². The van der Waals surface area contributed by atoms with Crippen LogP contribution in [0.25, 0.3) is 0 Å². The van der Waals surface area contributed by atoms with E-state index in [1.165, 1.54) is 11.8 Å². The maximum Gasteiger partial charge on any atom is 0.190 e. The van der Waals surface area contributed by atoms with Gasteiger partial charge in [0.05, 0.1) is 0 Å². The highest BCUT2D eigenvalue weighted by Gasteiger charge is 2.12. The second kappa shape index (κ2) is 6.30. The van der Waals surface area contributed by atoms with Crippen molar-refractivity contribution in [3.8, 4) is 0 Å². The zero-order valence-electron chi connectivity index (χ0n) is 10.1. The van der Waals surface area contributed by atoms with Crippen LogP contribution < -0.4 is 5.32 Å². The molecule has 1 atom stereocenters. The maximum absolute atomic E-state index is 5.93. The number of anilines is 1. The topological polar surface area (TPSA) is 37.8 Å². The molecule has 1 aromatic rings. The number of nitrogens with zero attached hydrogens (tertiary/aromatic N) is 2. The van der Waals surface area contributed by atoms with Gasteiger partial charge in [-0.05, 0) is 18.6 Å². The van der Waals surface area contributed by atoms with E-state index in [0.717, 1.165) is 12.2 Å². The molecule has 3 nitrogen and oxygen atoms in total. The number of hydrogen-bond acceptors (Lipinski definition) is 4. The van der Waals surface area contributed by atoms with Crippen LogP contribution in [0.5, 0.6) is 0 Å². The zero-order chi connectivity index (χ0) is 12.1. The van der Waals surface area contributed by atoms with Crippen molar-refractivity contribution in [2.24, 2.45) is 5.92 Å². The number of hydrogen-bond donors (Lipinski definition) is 1. The van der Waals surface area contributed by atoms with Gasteiger partial charge in [0, 0.05) is 12.1 Å². The number of halogens is 1. The second-order valence-electron chi connectivity index (χ2n) is 3.97. The van der Waals surface area contributed by atoms with Crippen LogP contribution in [0.3, 0.4) is 0 Å². The summed E-state index contributed by atoms with van der Waals surface area (Å²) >= 11 is 7.42. The third-order valence-electron chi connectivity index (χ3n) is 2.43. The molecule has 1 unspecified atom stereocenters. The minimum atomic E-state index is 0.417. The summed E-state index contributed by atoms with van der Waals surface area (Å²) in [6.07, 6.45) is 3.00. The molecule has 0 saturated carbocycles. The summed E-state index contributed by atoms with van der Waals surface area (Å²) in [5, 5.41) is 4.58. The van der Waals surface area contributed by atoms with E-state index in [1.807, 2.05) is 6.26 Å². The normalized spacial score (nSPS) is 12.9. The Bertz CT molecular complexity index is 344. The van der Waals surface area contributed by atoms with Gasteiger partial charge in [-0.25, -0.2) is 9.97 Å². The van der Waals surface area contributed by atoms with Crippen LogP contribution >= 0.6 is 23.4 Å². The Morgan fingerprint density at radius 2 is 2.12 bits per heavy atom. The molecule has 0 saturated heterocycles. The molecule has 0 bridgehead atoms. The lowest BCUT2D eigenvalue weighted by atomic mass is 10.0. The van der Waals surface area contributed by atoms with E-state index in [1.54, 1.807) is 6.07 Å². The fourth-order valence-corrected chi connectivity index (χ4v) is 2.10. The van der Waals surface area contributed by atoms with Crippen LogP contribution in [0, 0.1) is 5.92 Å². The monoisotopic (exact) mass is 259 g/mol. The zero-order valence-corrected chi connectivity index (χ0v) is 11.7. The van der Waals surface area contributed by atoms with Gasteiger partial charge < -0.3 is 5.32 Å². The fourth-order valence-electron chi connectivity index (χ4n) is 1.49. The van der Waals surface area contributed by atoms with Gasteiger partial charge in [0.1, 0.15) is 11.0 Å². The van der Waals surface area contributed by atoms with Crippen molar-refractivity contribution in [1.82, 2.24) is 9.97 Å². The molecule has 0 aliphatic rings. The molecule has 0 aromatic carbocycles. The van der Waals surface area contributed by atoms with Crippen molar-refractivity contribution in [3.63, 3.8) is 0 Å². The van der Waals surface area contributed by atoms with Crippen molar-refractivity contribution >= 4 is 29.2 Å². The fraction of sp³-hybridized carbons (Fsp3) is 0.636. The Morgan fingerprint density at radius 1 is 1.44 bits per heavy atom. The Morgan fingerprint density at radius 3 is 2.62 bits per heavy atom. The molecule has 0 radical (unpaired) electrons. The first-order valence-corrected chi connectivity index (χ1v) is 7.02. The Balaban J connectivity index is 2.83. The van der Waals surface area contributed by atoms with E-state index in [-0.39, 0.29) is 0 Å².